The minimum Gasteiger partial charge on any atom is -0.397 e. The van der Waals surface area contributed by atoms with Gasteiger partial charge in [-0.1, -0.05) is 40.9 Å². The van der Waals surface area contributed by atoms with Gasteiger partial charge in [-0.25, -0.2) is 0 Å². The Balaban J connectivity index is 1.72. The smallest absolute Gasteiger partial charge is 0.397 e. The Kier molecular flexibility index (Phi) is 8.99. The number of nitrogens with two attached hydrogens (primary N) is 1. The lowest BCUT2D eigenvalue weighted by Crippen LogP contribution is -2.38. The summed E-state index contributed by atoms with van der Waals surface area (Å²) in [5, 5.41) is 14.3. The quantitative estimate of drug-likeness (QED) is 0.145. The Bertz CT molecular complexity index is 1250. The van der Waals surface area contributed by atoms with E-state index in [9.17, 15) is 27.2 Å². The second-order valence-electron chi connectivity index (χ2n) is 7.85. The number of hydrogen-bond acceptors (Lipinski definition) is 5. The van der Waals surface area contributed by atoms with Crippen LogP contribution in [-0.2, 0) is 15.8 Å². The first kappa shape index (κ1) is 27.4. The van der Waals surface area contributed by atoms with Crippen molar-refractivity contribution >= 4 is 35.0 Å². The van der Waals surface area contributed by atoms with Gasteiger partial charge in [0.25, 0.3) is 5.91 Å². The van der Waals surface area contributed by atoms with Crippen molar-refractivity contribution in [2.75, 3.05) is 29.3 Å². The predicted molar refractivity (Wildman–Crippen MR) is 133 cm³/mol. The lowest BCUT2D eigenvalue weighted by Gasteiger charge is -2.22. The monoisotopic (exact) mass is 516 g/mol. The Hall–Kier alpha value is -4.22. The van der Waals surface area contributed by atoms with Gasteiger partial charge < -0.3 is 16.2 Å². The molecule has 1 atom stereocenters. The molecule has 1 unspecified atom stereocenters. The molecule has 11 heteroatoms. The average molecular weight is 516 g/mol. The molecule has 0 heterocycles. The second-order valence-corrected chi connectivity index (χ2v) is 7.85. The molecule has 0 saturated heterocycles. The number of benzene rings is 3. The van der Waals surface area contributed by atoms with Crippen molar-refractivity contribution in [2.45, 2.75) is 12.2 Å². The van der Waals surface area contributed by atoms with E-state index in [1.54, 1.807) is 36.4 Å². The number of rotatable bonds is 9. The zero-order chi connectivity index (χ0) is 27.0. The highest BCUT2D eigenvalue weighted by molar-refractivity contribution is 6.03. The minimum absolute atomic E-state index is 0.0400. The number of carbonyl (C=O) groups excluding carboxylic acids is 2. The van der Waals surface area contributed by atoms with E-state index in [4.69, 9.17) is 10.8 Å². The predicted octanol–water partition coefficient (Wildman–Crippen LogP) is 4.48. The fourth-order valence-electron chi connectivity index (χ4n) is 3.34. The van der Waals surface area contributed by atoms with Gasteiger partial charge in [0.05, 0.1) is 29.2 Å². The van der Waals surface area contributed by atoms with Crippen molar-refractivity contribution in [3.8, 4) is 0 Å². The first-order valence-electron chi connectivity index (χ1n) is 11.0. The summed E-state index contributed by atoms with van der Waals surface area (Å²) in [5.41, 5.74) is 6.27. The van der Waals surface area contributed by atoms with Crippen molar-refractivity contribution in [1.82, 2.24) is 5.32 Å². The molecule has 0 aliphatic carbocycles. The number of para-hydroxylation sites is 2. The summed E-state index contributed by atoms with van der Waals surface area (Å²) in [5.74, 6) is -1.50. The van der Waals surface area contributed by atoms with Crippen molar-refractivity contribution in [1.29, 1.82) is 0 Å². The summed E-state index contributed by atoms with van der Waals surface area (Å²) in [4.78, 5) is 25.0. The Morgan fingerprint density at radius 2 is 1.65 bits per heavy atom. The maximum atomic E-state index is 14.9. The fraction of sp³-hybridized carbons (Fsp3) is 0.154. The van der Waals surface area contributed by atoms with E-state index in [-0.39, 0.29) is 24.0 Å². The third-order valence-corrected chi connectivity index (χ3v) is 5.24. The van der Waals surface area contributed by atoms with Gasteiger partial charge in [0.1, 0.15) is 6.04 Å². The van der Waals surface area contributed by atoms with Crippen LogP contribution in [0.5, 0.6) is 0 Å². The van der Waals surface area contributed by atoms with Gasteiger partial charge in [-0.2, -0.15) is 13.2 Å². The van der Waals surface area contributed by atoms with E-state index in [0.29, 0.717) is 34.6 Å². The van der Waals surface area contributed by atoms with Gasteiger partial charge >= 0.3 is 6.18 Å². The van der Waals surface area contributed by atoms with Gasteiger partial charge in [-0.15, -0.1) is 5.12 Å². The zero-order valence-electron chi connectivity index (χ0n) is 19.4. The summed E-state index contributed by atoms with van der Waals surface area (Å²) in [6.45, 7) is -0.375. The van der Waals surface area contributed by atoms with E-state index in [1.807, 2.05) is 0 Å². The maximum absolute atomic E-state index is 14.9. The molecule has 0 aliphatic heterocycles. The summed E-state index contributed by atoms with van der Waals surface area (Å²) in [6, 6.07) is 14.8. The van der Waals surface area contributed by atoms with Crippen LogP contribution in [0.3, 0.4) is 0 Å². The maximum Gasteiger partial charge on any atom is 0.416 e. The SMILES string of the molecule is Nc1ccccc1NC(=O)C=Cc1ccc(C(NCCO)C(=O)N(F)c2ccc(C(F)(F)F)cc2)cc1. The van der Waals surface area contributed by atoms with E-state index in [1.165, 1.54) is 24.3 Å². The highest BCUT2D eigenvalue weighted by Gasteiger charge is 2.31. The van der Waals surface area contributed by atoms with Crippen molar-refractivity contribution in [3.63, 3.8) is 0 Å². The molecule has 0 aromatic heterocycles. The Morgan fingerprint density at radius 1 is 1.00 bits per heavy atom. The third kappa shape index (κ3) is 7.38. The molecule has 3 aromatic carbocycles. The normalized spacial score (nSPS) is 12.4. The molecule has 194 valence electrons. The Morgan fingerprint density at radius 3 is 2.24 bits per heavy atom. The van der Waals surface area contributed by atoms with Crippen LogP contribution in [0.1, 0.15) is 22.7 Å². The number of nitrogens with zero attached hydrogens (tertiary/aromatic N) is 1. The zero-order valence-corrected chi connectivity index (χ0v) is 19.4. The lowest BCUT2D eigenvalue weighted by molar-refractivity contribution is -0.137. The van der Waals surface area contributed by atoms with Gasteiger partial charge in [0.2, 0.25) is 5.91 Å². The summed E-state index contributed by atoms with van der Waals surface area (Å²) >= 11 is 0. The van der Waals surface area contributed by atoms with Gasteiger partial charge in [-0.05, 0) is 53.6 Å². The molecule has 5 N–H and O–H groups in total. The Labute approximate surface area is 210 Å². The number of halogens is 4. The third-order valence-electron chi connectivity index (χ3n) is 5.24. The van der Waals surface area contributed by atoms with Crippen LogP contribution < -0.4 is 21.5 Å². The van der Waals surface area contributed by atoms with Crippen LogP contribution in [0, 0.1) is 0 Å². The second kappa shape index (κ2) is 12.2. The molecule has 3 aromatic rings. The van der Waals surface area contributed by atoms with E-state index in [2.05, 4.69) is 10.6 Å². The summed E-state index contributed by atoms with van der Waals surface area (Å²) < 4.78 is 53.2. The molecule has 0 spiro atoms. The number of amides is 2. The van der Waals surface area contributed by atoms with Crippen LogP contribution in [0.25, 0.3) is 6.08 Å². The molecule has 0 radical (unpaired) electrons. The largest absolute Gasteiger partial charge is 0.416 e. The molecular formula is C26H24F4N4O3. The van der Waals surface area contributed by atoms with Gasteiger partial charge in [0, 0.05) is 12.6 Å². The topological polar surface area (TPSA) is 108 Å². The molecule has 2 amide bonds. The average Bonchev–Trinajstić information content (AvgIpc) is 2.88. The standard InChI is InChI=1S/C26H24F4N4O3/c27-26(28,29)19-10-12-20(13-11-19)34(30)25(37)24(32-15-16-35)18-8-5-17(6-9-18)7-14-23(36)33-22-4-2-1-3-21(22)31/h1-14,24,32,35H,15-16,31H2,(H,33,36). The first-order chi connectivity index (χ1) is 17.6. The van der Waals surface area contributed by atoms with Crippen molar-refractivity contribution in [2.24, 2.45) is 0 Å². The summed E-state index contributed by atoms with van der Waals surface area (Å²) in [6.07, 6.45) is -1.78. The van der Waals surface area contributed by atoms with Crippen LogP contribution in [0.2, 0.25) is 0 Å². The van der Waals surface area contributed by atoms with Crippen molar-refractivity contribution < 1.29 is 32.3 Å². The highest BCUT2D eigenvalue weighted by Crippen LogP contribution is 2.31. The van der Waals surface area contributed by atoms with Crippen molar-refractivity contribution in [3.05, 3.63) is 95.6 Å². The number of anilines is 3. The molecule has 0 fully saturated rings. The number of aliphatic hydroxyl groups is 1. The number of nitrogens with one attached hydrogen (secondary N) is 2. The lowest BCUT2D eigenvalue weighted by atomic mass is 10.0. The molecule has 0 bridgehead atoms. The molecular weight excluding hydrogens is 492 g/mol. The molecule has 7 nitrogen and oxygen atoms in total. The van der Waals surface area contributed by atoms with Crippen LogP contribution in [-0.4, -0.2) is 30.1 Å². The van der Waals surface area contributed by atoms with Crippen LogP contribution in [0.15, 0.2) is 78.9 Å². The first-order valence-corrected chi connectivity index (χ1v) is 11.0. The van der Waals surface area contributed by atoms with E-state index < -0.39 is 29.6 Å². The molecule has 3 rings (SSSR count). The van der Waals surface area contributed by atoms with E-state index in [0.717, 1.165) is 12.1 Å². The van der Waals surface area contributed by atoms with Gasteiger partial charge in [0.15, 0.2) is 0 Å². The minimum atomic E-state index is -4.60. The number of carbonyl (C=O) groups is 2. The van der Waals surface area contributed by atoms with Gasteiger partial charge in [-0.3, -0.25) is 14.9 Å². The van der Waals surface area contributed by atoms with E-state index >= 15 is 0 Å². The number of nitrogen functional groups attached to an aromatic ring is 1. The highest BCUT2D eigenvalue weighted by atomic mass is 19.4. The number of alkyl halides is 3. The molecule has 0 saturated carbocycles. The summed E-state index contributed by atoms with van der Waals surface area (Å²) in [7, 11) is 0. The van der Waals surface area contributed by atoms with Crippen LogP contribution in [0.4, 0.5) is 34.7 Å². The molecule has 0 aliphatic rings. The van der Waals surface area contributed by atoms with Crippen LogP contribution >= 0.6 is 0 Å². The fourth-order valence-corrected chi connectivity index (χ4v) is 3.34. The number of aliphatic hydroxyl groups excluding tert-OH is 1. The number of hydrogen-bond donors (Lipinski definition) is 4. The molecule has 37 heavy (non-hydrogen) atoms.